The third kappa shape index (κ3) is 3.93. The van der Waals surface area contributed by atoms with Crippen molar-refractivity contribution in [3.8, 4) is 5.69 Å². The molecule has 1 saturated heterocycles. The van der Waals surface area contributed by atoms with Crippen LogP contribution in [0.4, 0.5) is 11.5 Å². The van der Waals surface area contributed by atoms with Crippen LogP contribution in [0.25, 0.3) is 5.69 Å². The maximum Gasteiger partial charge on any atom is 0.227 e. The van der Waals surface area contributed by atoms with E-state index in [9.17, 15) is 4.79 Å². The maximum atomic E-state index is 12.6. The Balaban J connectivity index is 1.36. The van der Waals surface area contributed by atoms with Crippen molar-refractivity contribution >= 4 is 29.0 Å². The van der Waals surface area contributed by atoms with Gasteiger partial charge in [0.15, 0.2) is 0 Å². The number of carbonyl (C=O) groups excluding carboxylic acids is 1. The fourth-order valence-corrected chi connectivity index (χ4v) is 3.54. The molecule has 27 heavy (non-hydrogen) atoms. The third-order valence-corrected chi connectivity index (χ3v) is 5.04. The number of anilines is 2. The van der Waals surface area contributed by atoms with Gasteiger partial charge in [0, 0.05) is 49.5 Å². The first-order valence-corrected chi connectivity index (χ1v) is 9.18. The van der Waals surface area contributed by atoms with Gasteiger partial charge in [0.1, 0.15) is 5.82 Å². The zero-order chi connectivity index (χ0) is 18.6. The van der Waals surface area contributed by atoms with Crippen molar-refractivity contribution in [1.82, 2.24) is 19.5 Å². The third-order valence-electron chi connectivity index (χ3n) is 4.74. The minimum atomic E-state index is -0.0231. The Hall–Kier alpha value is -2.93. The summed E-state index contributed by atoms with van der Waals surface area (Å²) >= 11 is 6.36. The predicted molar refractivity (Wildman–Crippen MR) is 104 cm³/mol. The molecule has 1 aliphatic rings. The number of nitrogens with zero attached hydrogens (tertiary/aromatic N) is 5. The topological polar surface area (TPSA) is 75.9 Å². The van der Waals surface area contributed by atoms with E-state index in [2.05, 4.69) is 25.2 Å². The summed E-state index contributed by atoms with van der Waals surface area (Å²) in [5, 5.41) is 3.54. The first-order valence-electron chi connectivity index (χ1n) is 8.80. The van der Waals surface area contributed by atoms with Crippen LogP contribution in [-0.4, -0.2) is 38.5 Å². The monoisotopic (exact) mass is 382 g/mol. The van der Waals surface area contributed by atoms with E-state index in [0.29, 0.717) is 10.7 Å². The molecule has 0 unspecified atom stereocenters. The first kappa shape index (κ1) is 17.5. The summed E-state index contributed by atoms with van der Waals surface area (Å²) in [6.07, 6.45) is 11.9. The number of halogens is 1. The molecular formula is C19H19ClN6O. The molecule has 0 radical (unpaired) electrons. The number of nitrogens with one attached hydrogen (secondary N) is 1. The minimum Gasteiger partial charge on any atom is -0.355 e. The number of imidazole rings is 1. The van der Waals surface area contributed by atoms with E-state index >= 15 is 0 Å². The Labute approximate surface area is 162 Å². The maximum absolute atomic E-state index is 12.6. The lowest BCUT2D eigenvalue weighted by atomic mass is 9.96. The van der Waals surface area contributed by atoms with Crippen molar-refractivity contribution in [2.24, 2.45) is 5.92 Å². The number of rotatable bonds is 4. The summed E-state index contributed by atoms with van der Waals surface area (Å²) in [6, 6.07) is 5.49. The lowest BCUT2D eigenvalue weighted by Gasteiger charge is -2.31. The van der Waals surface area contributed by atoms with Crippen molar-refractivity contribution in [2.75, 3.05) is 23.3 Å². The smallest absolute Gasteiger partial charge is 0.227 e. The van der Waals surface area contributed by atoms with E-state index in [1.165, 1.54) is 0 Å². The van der Waals surface area contributed by atoms with Crippen LogP contribution in [0.15, 0.2) is 55.5 Å². The summed E-state index contributed by atoms with van der Waals surface area (Å²) in [6.45, 7) is 1.58. The summed E-state index contributed by atoms with van der Waals surface area (Å²) in [5.41, 5.74) is 1.52. The Morgan fingerprint density at radius 1 is 1.15 bits per heavy atom. The van der Waals surface area contributed by atoms with Crippen LogP contribution in [0.1, 0.15) is 12.8 Å². The van der Waals surface area contributed by atoms with E-state index in [0.717, 1.165) is 37.4 Å². The van der Waals surface area contributed by atoms with Gasteiger partial charge in [0.2, 0.25) is 5.91 Å². The highest BCUT2D eigenvalue weighted by Crippen LogP contribution is 2.26. The number of carbonyl (C=O) groups is 1. The van der Waals surface area contributed by atoms with Gasteiger partial charge in [-0.05, 0) is 31.0 Å². The highest BCUT2D eigenvalue weighted by molar-refractivity contribution is 6.32. The first-order chi connectivity index (χ1) is 13.2. The summed E-state index contributed by atoms with van der Waals surface area (Å²) < 4.78 is 1.83. The molecule has 3 heterocycles. The second kappa shape index (κ2) is 7.75. The van der Waals surface area contributed by atoms with Gasteiger partial charge in [-0.2, -0.15) is 0 Å². The second-order valence-corrected chi connectivity index (χ2v) is 6.86. The standard InChI is InChI=1S/C19H19ClN6O/c20-16-11-15(1-2-17(16)26-10-7-22-13-26)24-19(27)14-3-8-25(9-4-14)18-12-21-5-6-23-18/h1-2,5-7,10-14H,3-4,8-9H2,(H,24,27). The fourth-order valence-electron chi connectivity index (χ4n) is 3.27. The van der Waals surface area contributed by atoms with Crippen LogP contribution in [-0.2, 0) is 4.79 Å². The number of hydrogen-bond acceptors (Lipinski definition) is 5. The largest absolute Gasteiger partial charge is 0.355 e. The van der Waals surface area contributed by atoms with Crippen molar-refractivity contribution in [3.63, 3.8) is 0 Å². The van der Waals surface area contributed by atoms with Gasteiger partial charge in [-0.25, -0.2) is 9.97 Å². The molecule has 1 fully saturated rings. The molecule has 4 rings (SSSR count). The van der Waals surface area contributed by atoms with Gasteiger partial charge in [-0.3, -0.25) is 9.78 Å². The summed E-state index contributed by atoms with van der Waals surface area (Å²) in [4.78, 5) is 27.2. The Morgan fingerprint density at radius 2 is 2.00 bits per heavy atom. The molecule has 0 saturated carbocycles. The number of amides is 1. The van der Waals surface area contributed by atoms with Crippen LogP contribution in [0, 0.1) is 5.92 Å². The summed E-state index contributed by atoms with van der Waals surface area (Å²) in [5.74, 6) is 0.864. The van der Waals surface area contributed by atoms with E-state index in [4.69, 9.17) is 11.6 Å². The Morgan fingerprint density at radius 3 is 2.67 bits per heavy atom. The molecule has 1 N–H and O–H groups in total. The fraction of sp³-hybridized carbons (Fsp3) is 0.263. The van der Waals surface area contributed by atoms with Crippen molar-refractivity contribution in [3.05, 3.63) is 60.5 Å². The van der Waals surface area contributed by atoms with E-state index < -0.39 is 0 Å². The molecular weight excluding hydrogens is 364 g/mol. The number of benzene rings is 1. The lowest BCUT2D eigenvalue weighted by molar-refractivity contribution is -0.120. The summed E-state index contributed by atoms with van der Waals surface area (Å²) in [7, 11) is 0. The highest BCUT2D eigenvalue weighted by atomic mass is 35.5. The van der Waals surface area contributed by atoms with Gasteiger partial charge >= 0.3 is 0 Å². The van der Waals surface area contributed by atoms with Crippen molar-refractivity contribution < 1.29 is 4.79 Å². The molecule has 138 valence electrons. The van der Waals surface area contributed by atoms with E-state index in [1.54, 1.807) is 37.2 Å². The van der Waals surface area contributed by atoms with Gasteiger partial charge in [-0.1, -0.05) is 11.6 Å². The quantitative estimate of drug-likeness (QED) is 0.750. The molecule has 0 bridgehead atoms. The zero-order valence-electron chi connectivity index (χ0n) is 14.6. The van der Waals surface area contributed by atoms with Crippen LogP contribution < -0.4 is 10.2 Å². The molecule has 2 aromatic heterocycles. The van der Waals surface area contributed by atoms with Crippen LogP contribution in [0.3, 0.4) is 0 Å². The Kier molecular flexibility index (Phi) is 5.02. The zero-order valence-corrected chi connectivity index (χ0v) is 15.4. The number of hydrogen-bond donors (Lipinski definition) is 1. The molecule has 8 heteroatoms. The van der Waals surface area contributed by atoms with E-state index in [-0.39, 0.29) is 11.8 Å². The molecule has 1 aliphatic heterocycles. The van der Waals surface area contributed by atoms with Crippen LogP contribution in [0.2, 0.25) is 5.02 Å². The van der Waals surface area contributed by atoms with Gasteiger partial charge in [0.05, 0.1) is 23.2 Å². The van der Waals surface area contributed by atoms with Crippen molar-refractivity contribution in [2.45, 2.75) is 12.8 Å². The highest BCUT2D eigenvalue weighted by Gasteiger charge is 2.25. The predicted octanol–water partition coefficient (Wildman–Crippen LogP) is 3.17. The van der Waals surface area contributed by atoms with Gasteiger partial charge in [-0.15, -0.1) is 0 Å². The average molecular weight is 383 g/mol. The van der Waals surface area contributed by atoms with Gasteiger partial charge < -0.3 is 14.8 Å². The molecule has 1 amide bonds. The average Bonchev–Trinajstić information content (AvgIpc) is 3.23. The molecule has 0 atom stereocenters. The SMILES string of the molecule is O=C(Nc1ccc(-n2ccnc2)c(Cl)c1)C1CCN(c2cnccn2)CC1. The molecule has 0 spiro atoms. The normalized spacial score (nSPS) is 14.9. The molecule has 1 aromatic carbocycles. The minimum absolute atomic E-state index is 0.0231. The van der Waals surface area contributed by atoms with Crippen LogP contribution in [0.5, 0.6) is 0 Å². The number of piperidine rings is 1. The van der Waals surface area contributed by atoms with E-state index in [1.807, 2.05) is 22.9 Å². The molecule has 7 nitrogen and oxygen atoms in total. The Bertz CT molecular complexity index is 907. The van der Waals surface area contributed by atoms with Gasteiger partial charge in [0.25, 0.3) is 0 Å². The molecule has 3 aromatic rings. The van der Waals surface area contributed by atoms with Crippen molar-refractivity contribution in [1.29, 1.82) is 0 Å². The second-order valence-electron chi connectivity index (χ2n) is 6.45. The lowest BCUT2D eigenvalue weighted by Crippen LogP contribution is -2.38. The molecule has 0 aliphatic carbocycles. The number of aromatic nitrogens is 4. The van der Waals surface area contributed by atoms with Crippen LogP contribution >= 0.6 is 11.6 Å².